The smallest absolute Gasteiger partial charge is 0.406 e. The summed E-state index contributed by atoms with van der Waals surface area (Å²) in [5.41, 5.74) is 4.29. The Labute approximate surface area is 233 Å². The van der Waals surface area contributed by atoms with Crippen molar-refractivity contribution < 1.29 is 19.1 Å². The van der Waals surface area contributed by atoms with E-state index in [0.29, 0.717) is 34.8 Å². The molecule has 0 saturated carbocycles. The number of nitrogens with zero attached hydrogens (tertiary/aromatic N) is 6. The molecule has 210 valence electrons. The average Bonchev–Trinajstić information content (AvgIpc) is 3.29. The average molecular weight is 546 g/mol. The molecular weight excluding hydrogens is 510 g/mol. The van der Waals surface area contributed by atoms with E-state index in [1.165, 1.54) is 11.9 Å². The van der Waals surface area contributed by atoms with Gasteiger partial charge in [-0.25, -0.2) is 9.48 Å². The Hall–Kier alpha value is -4.67. The molecule has 0 aliphatic heterocycles. The number of benzene rings is 2. The van der Waals surface area contributed by atoms with Crippen molar-refractivity contribution >= 4 is 28.7 Å². The van der Waals surface area contributed by atoms with Gasteiger partial charge in [-0.15, -0.1) is 5.10 Å². The molecule has 0 radical (unpaired) electrons. The predicted molar refractivity (Wildman–Crippen MR) is 153 cm³/mol. The van der Waals surface area contributed by atoms with E-state index in [1.807, 2.05) is 63.2 Å². The molecule has 0 spiro atoms. The molecule has 4 rings (SSSR count). The molecule has 11 heteroatoms. The number of fused-ring (bicyclic) bond motifs is 1. The van der Waals surface area contributed by atoms with Gasteiger partial charge >= 0.3 is 6.09 Å². The van der Waals surface area contributed by atoms with Crippen molar-refractivity contribution in [2.24, 2.45) is 0 Å². The van der Waals surface area contributed by atoms with Crippen molar-refractivity contribution in [2.45, 2.75) is 26.4 Å². The van der Waals surface area contributed by atoms with Gasteiger partial charge in [0, 0.05) is 47.2 Å². The molecule has 0 aliphatic rings. The maximum absolute atomic E-state index is 12.9. The van der Waals surface area contributed by atoms with Crippen molar-refractivity contribution in [2.75, 3.05) is 46.7 Å². The third-order valence-electron chi connectivity index (χ3n) is 6.51. The fraction of sp³-hybridized carbons (Fsp3) is 0.345. The fourth-order valence-corrected chi connectivity index (χ4v) is 4.47. The highest BCUT2D eigenvalue weighted by Gasteiger charge is 2.23. The summed E-state index contributed by atoms with van der Waals surface area (Å²) in [5, 5.41) is 17.0. The van der Waals surface area contributed by atoms with Crippen LogP contribution in [0.2, 0.25) is 0 Å². The van der Waals surface area contributed by atoms with Crippen LogP contribution in [0.25, 0.3) is 16.6 Å². The number of ether oxygens (including phenoxy) is 2. The van der Waals surface area contributed by atoms with Crippen LogP contribution in [0, 0.1) is 13.8 Å². The number of hydrogen-bond donors (Lipinski definition) is 1. The van der Waals surface area contributed by atoms with E-state index in [9.17, 15) is 9.59 Å². The highest BCUT2D eigenvalue weighted by Crippen LogP contribution is 2.35. The van der Waals surface area contributed by atoms with Crippen molar-refractivity contribution in [1.82, 2.24) is 30.2 Å². The molecule has 2 aromatic heterocycles. The summed E-state index contributed by atoms with van der Waals surface area (Å²) in [6, 6.07) is 15.0. The summed E-state index contributed by atoms with van der Waals surface area (Å²) in [6.45, 7) is 4.01. The van der Waals surface area contributed by atoms with Gasteiger partial charge in [0.2, 0.25) is 0 Å². The molecule has 2 aromatic carbocycles. The Morgan fingerprint density at radius 1 is 1.02 bits per heavy atom. The van der Waals surface area contributed by atoms with Gasteiger partial charge < -0.3 is 24.6 Å². The van der Waals surface area contributed by atoms with E-state index in [2.05, 4.69) is 15.5 Å². The fourth-order valence-electron chi connectivity index (χ4n) is 4.47. The number of aromatic nitrogens is 4. The molecule has 0 aliphatic carbocycles. The Bertz CT molecular complexity index is 1520. The van der Waals surface area contributed by atoms with Gasteiger partial charge in [0.05, 0.1) is 23.4 Å². The van der Waals surface area contributed by atoms with Crippen LogP contribution in [-0.4, -0.2) is 78.7 Å². The maximum atomic E-state index is 12.9. The quantitative estimate of drug-likeness (QED) is 0.335. The van der Waals surface area contributed by atoms with Gasteiger partial charge in [-0.2, -0.15) is 10.2 Å². The first kappa shape index (κ1) is 28.3. The Balaban J connectivity index is 1.85. The number of alkyl carbamates (subject to hydrolysis) is 1. The second kappa shape index (κ2) is 12.0. The third kappa shape index (κ3) is 5.83. The minimum absolute atomic E-state index is 0.144. The van der Waals surface area contributed by atoms with Crippen LogP contribution in [0.4, 0.5) is 10.6 Å². The summed E-state index contributed by atoms with van der Waals surface area (Å²) in [7, 11) is 8.72. The first-order valence-corrected chi connectivity index (χ1v) is 12.9. The summed E-state index contributed by atoms with van der Waals surface area (Å²) in [4.78, 5) is 28.0. The van der Waals surface area contributed by atoms with Crippen molar-refractivity contribution in [3.05, 3.63) is 71.0 Å². The van der Waals surface area contributed by atoms with Crippen LogP contribution >= 0.6 is 0 Å². The number of amides is 2. The van der Waals surface area contributed by atoms with Crippen LogP contribution < -0.4 is 15.0 Å². The minimum atomic E-state index is -0.507. The molecule has 0 saturated heterocycles. The van der Waals surface area contributed by atoms with Gasteiger partial charge in [-0.05, 0) is 37.6 Å². The van der Waals surface area contributed by atoms with Gasteiger partial charge in [-0.3, -0.25) is 4.79 Å². The largest absolute Gasteiger partial charge is 0.483 e. The molecule has 4 aromatic rings. The number of aryl methyl sites for hydroxylation is 2. The molecule has 0 bridgehead atoms. The lowest BCUT2D eigenvalue weighted by molar-refractivity contribution is 0.0827. The zero-order valence-electron chi connectivity index (χ0n) is 23.9. The standard InChI is InChI=1S/C29H35N7O4/c1-18-25-19(2)36(33-26(25)27(32-31-18)34(4)5)22-17-21(28(37)35(6)7)13-14-24(22)40-23(15-16-39-29(38)30-3)20-11-9-8-10-12-20/h8-14,17,23H,15-16H2,1-7H3,(H,30,38). The van der Waals surface area contributed by atoms with Crippen molar-refractivity contribution in [3.8, 4) is 11.4 Å². The van der Waals surface area contributed by atoms with Crippen LogP contribution in [0.15, 0.2) is 48.5 Å². The lowest BCUT2D eigenvalue weighted by Crippen LogP contribution is -2.22. The highest BCUT2D eigenvalue weighted by atomic mass is 16.5. The van der Waals surface area contributed by atoms with Gasteiger partial charge in [0.1, 0.15) is 23.1 Å². The zero-order valence-corrected chi connectivity index (χ0v) is 23.9. The molecule has 11 nitrogen and oxygen atoms in total. The van der Waals surface area contributed by atoms with Crippen LogP contribution in [0.3, 0.4) is 0 Å². The second-order valence-corrected chi connectivity index (χ2v) is 9.80. The predicted octanol–water partition coefficient (Wildman–Crippen LogP) is 4.07. The first-order chi connectivity index (χ1) is 19.1. The topological polar surface area (TPSA) is 115 Å². The summed E-state index contributed by atoms with van der Waals surface area (Å²) in [6.07, 6.45) is -0.535. The monoisotopic (exact) mass is 545 g/mol. The number of hydrogen-bond acceptors (Lipinski definition) is 8. The number of carbonyl (C=O) groups is 2. The van der Waals surface area contributed by atoms with Gasteiger partial charge in [0.15, 0.2) is 5.82 Å². The van der Waals surface area contributed by atoms with E-state index in [-0.39, 0.29) is 12.5 Å². The van der Waals surface area contributed by atoms with E-state index >= 15 is 0 Å². The number of nitrogens with one attached hydrogen (secondary N) is 1. The van der Waals surface area contributed by atoms with Crippen LogP contribution in [-0.2, 0) is 4.74 Å². The minimum Gasteiger partial charge on any atom is -0.483 e. The molecular formula is C29H35N7O4. The van der Waals surface area contributed by atoms with Crippen LogP contribution in [0.5, 0.6) is 5.75 Å². The van der Waals surface area contributed by atoms with Gasteiger partial charge in [-0.1, -0.05) is 30.3 Å². The van der Waals surface area contributed by atoms with E-state index in [4.69, 9.17) is 14.6 Å². The highest BCUT2D eigenvalue weighted by molar-refractivity contribution is 5.95. The molecule has 40 heavy (non-hydrogen) atoms. The molecule has 2 amide bonds. The molecule has 1 unspecified atom stereocenters. The summed E-state index contributed by atoms with van der Waals surface area (Å²) < 4.78 is 13.7. The van der Waals surface area contributed by atoms with E-state index in [1.54, 1.807) is 37.0 Å². The van der Waals surface area contributed by atoms with E-state index in [0.717, 1.165) is 22.3 Å². The SMILES string of the molecule is CNC(=O)OCCC(Oc1ccc(C(=O)N(C)C)cc1-n1nc2c(N(C)C)nnc(C)c2c1C)c1ccccc1. The molecule has 1 N–H and O–H groups in total. The number of carbonyl (C=O) groups excluding carboxylic acids is 2. The molecule has 1 atom stereocenters. The lowest BCUT2D eigenvalue weighted by Gasteiger charge is -2.22. The zero-order chi connectivity index (χ0) is 29.0. The number of anilines is 1. The summed E-state index contributed by atoms with van der Waals surface area (Å²) >= 11 is 0. The molecule has 0 fully saturated rings. The Kier molecular flexibility index (Phi) is 8.52. The van der Waals surface area contributed by atoms with Crippen molar-refractivity contribution in [1.29, 1.82) is 0 Å². The van der Waals surface area contributed by atoms with E-state index < -0.39 is 12.2 Å². The Morgan fingerprint density at radius 2 is 1.75 bits per heavy atom. The Morgan fingerprint density at radius 3 is 2.40 bits per heavy atom. The lowest BCUT2D eigenvalue weighted by atomic mass is 10.1. The number of rotatable bonds is 9. The normalized spacial score (nSPS) is 11.7. The first-order valence-electron chi connectivity index (χ1n) is 12.9. The summed E-state index contributed by atoms with van der Waals surface area (Å²) in [5.74, 6) is 1.01. The molecule has 2 heterocycles. The van der Waals surface area contributed by atoms with Crippen molar-refractivity contribution in [3.63, 3.8) is 0 Å². The second-order valence-electron chi connectivity index (χ2n) is 9.80. The van der Waals surface area contributed by atoms with Gasteiger partial charge in [0.25, 0.3) is 5.91 Å². The third-order valence-corrected chi connectivity index (χ3v) is 6.51. The van der Waals surface area contributed by atoms with Crippen LogP contribution in [0.1, 0.15) is 39.8 Å². The maximum Gasteiger partial charge on any atom is 0.406 e.